The number of β-amino-alcohol motifs (C(OH)–C–C–N with tert-alkyl or cyclic N) is 1. The summed E-state index contributed by atoms with van der Waals surface area (Å²) in [5.41, 5.74) is 10.0. The van der Waals surface area contributed by atoms with E-state index in [9.17, 15) is 43.5 Å². The first kappa shape index (κ1) is 60.9. The van der Waals surface area contributed by atoms with E-state index in [0.717, 1.165) is 27.3 Å². The number of aliphatic hydroxyl groups excluding tert-OH is 1. The molecule has 2 aromatic carbocycles. The second-order valence-electron chi connectivity index (χ2n) is 22.9. The molecule has 0 unspecified atom stereocenters. The van der Waals surface area contributed by atoms with E-state index < -0.39 is 89.0 Å². The Bertz CT molecular complexity index is 2690. The molecule has 78 heavy (non-hydrogen) atoms. The number of aliphatic hydroxyl groups is 1. The van der Waals surface area contributed by atoms with Crippen LogP contribution < -0.4 is 31.7 Å². The van der Waals surface area contributed by atoms with Crippen molar-refractivity contribution in [2.45, 2.75) is 181 Å². The number of amides is 8. The number of primary amides is 1. The number of aryl methyl sites for hydroxylation is 3. The lowest BCUT2D eigenvalue weighted by Crippen LogP contribution is -2.61. The highest BCUT2D eigenvalue weighted by atomic mass is 35.5. The quantitative estimate of drug-likeness (QED) is 0.0880. The Labute approximate surface area is 466 Å². The Balaban J connectivity index is 1.06. The first-order valence-corrected chi connectivity index (χ1v) is 28.0. The van der Waals surface area contributed by atoms with Crippen LogP contribution in [-0.2, 0) is 44.7 Å². The monoisotopic (exact) mass is 1120 g/mol. The molecule has 0 spiro atoms. The number of rotatable bonds is 19. The molecule has 8 atom stereocenters. The number of nitrogens with two attached hydrogens (primary N) is 1. The number of fused-ring (bicyclic) bond motifs is 1. The second-order valence-corrected chi connectivity index (χ2v) is 24.2. The van der Waals surface area contributed by atoms with E-state index in [0.29, 0.717) is 50.0 Å². The molecule has 3 saturated heterocycles. The largest absolute Gasteiger partial charge is 0.490 e. The minimum absolute atomic E-state index is 0.0291. The van der Waals surface area contributed by atoms with Crippen molar-refractivity contribution in [1.82, 2.24) is 41.0 Å². The van der Waals surface area contributed by atoms with E-state index in [4.69, 9.17) is 26.8 Å². The van der Waals surface area contributed by atoms with Gasteiger partial charge in [-0.15, -0.1) is 11.3 Å². The number of nitrogens with one attached hydrogen (secondary N) is 4. The van der Waals surface area contributed by atoms with Gasteiger partial charge in [-0.2, -0.15) is 0 Å². The summed E-state index contributed by atoms with van der Waals surface area (Å²) in [6.45, 7) is 17.6. The molecule has 0 saturated carbocycles. The molecule has 7 N–H and O–H groups in total. The number of hydrogen-bond acceptors (Lipinski definition) is 13. The zero-order chi connectivity index (χ0) is 57.4. The van der Waals surface area contributed by atoms with Gasteiger partial charge in [-0.1, -0.05) is 62.7 Å². The molecule has 0 aliphatic carbocycles. The topological polar surface area (TPSA) is 272 Å². The highest BCUT2D eigenvalue weighted by Gasteiger charge is 2.47. The van der Waals surface area contributed by atoms with Gasteiger partial charge in [0.15, 0.2) is 0 Å². The van der Waals surface area contributed by atoms with Crippen LogP contribution in [0.2, 0.25) is 5.02 Å². The third-order valence-corrected chi connectivity index (χ3v) is 15.7. The first-order valence-electron chi connectivity index (χ1n) is 26.8. The smallest absolute Gasteiger partial charge is 0.408 e. The lowest BCUT2D eigenvalue weighted by molar-refractivity contribution is -0.145. The van der Waals surface area contributed by atoms with Gasteiger partial charge in [0.25, 0.3) is 0 Å². The van der Waals surface area contributed by atoms with Crippen LogP contribution in [0, 0.1) is 19.3 Å². The number of thiazole rings is 1. The molecule has 3 fully saturated rings. The van der Waals surface area contributed by atoms with E-state index in [-0.39, 0.29) is 68.3 Å². The Morgan fingerprint density at radius 2 is 1.62 bits per heavy atom. The predicted octanol–water partition coefficient (Wildman–Crippen LogP) is 5.41. The van der Waals surface area contributed by atoms with E-state index in [2.05, 4.69) is 26.3 Å². The predicted molar refractivity (Wildman–Crippen MR) is 295 cm³/mol. The van der Waals surface area contributed by atoms with Gasteiger partial charge in [0.2, 0.25) is 41.4 Å². The zero-order valence-electron chi connectivity index (χ0n) is 46.5. The standard InChI is InChI=1S/C56H78ClN9O11S/c1-31-24-37(12-11-13-46(70)63-49(55(5,6)7)53(74)65-27-40(68)26-43(65)51(72)60-32(2)35-14-16-36(17-15-35)48-33(3)59-30-78-48)47(57)44(25-31)76-29-38(18-21-45(58)69)61-50(71)42-20-19-39-22-23-64(34(4)67)28-41(52(73)66(39)42)62-54(75)77-56(8,9)10/h14-17,24-25,30,32,38-43,49,68H,11-13,18-23,26-29H2,1-10H3,(H2,58,69)(H,60,72)(H,61,71)(H,62,75)(H,63,70)/t32-,38-,39+,40+,41-,42-,43-,49+/m0/s1. The Hall–Kier alpha value is -6.32. The Kier molecular flexibility index (Phi) is 20.4. The minimum Gasteiger partial charge on any atom is -0.490 e. The summed E-state index contributed by atoms with van der Waals surface area (Å²) in [4.78, 5) is 117. The lowest BCUT2D eigenvalue weighted by Gasteiger charge is -2.38. The number of ether oxygens (including phenoxy) is 2. The number of benzene rings is 2. The van der Waals surface area contributed by atoms with Crippen LogP contribution in [0.25, 0.3) is 10.4 Å². The zero-order valence-corrected chi connectivity index (χ0v) is 48.1. The van der Waals surface area contributed by atoms with Gasteiger partial charge < -0.3 is 56.3 Å². The molecule has 0 bridgehead atoms. The van der Waals surface area contributed by atoms with Crippen molar-refractivity contribution >= 4 is 70.4 Å². The number of likely N-dealkylation sites (tertiary alicyclic amines) is 1. The van der Waals surface area contributed by atoms with Gasteiger partial charge >= 0.3 is 6.09 Å². The summed E-state index contributed by atoms with van der Waals surface area (Å²) in [6, 6.07) is 5.87. The minimum atomic E-state index is -1.18. The van der Waals surface area contributed by atoms with E-state index in [1.165, 1.54) is 21.6 Å². The van der Waals surface area contributed by atoms with Crippen molar-refractivity contribution in [2.75, 3.05) is 26.2 Å². The molecule has 3 aliphatic rings. The highest BCUT2D eigenvalue weighted by molar-refractivity contribution is 7.13. The van der Waals surface area contributed by atoms with Crippen molar-refractivity contribution < 1.29 is 52.9 Å². The average molecular weight is 1120 g/mol. The average Bonchev–Trinajstić information content (AvgIpc) is 4.11. The van der Waals surface area contributed by atoms with Crippen molar-refractivity contribution in [1.29, 1.82) is 0 Å². The molecule has 8 amide bonds. The molecule has 4 heterocycles. The van der Waals surface area contributed by atoms with Gasteiger partial charge in [0.05, 0.1) is 45.8 Å². The molecule has 3 aromatic rings. The highest BCUT2D eigenvalue weighted by Crippen LogP contribution is 2.34. The van der Waals surface area contributed by atoms with Crippen molar-refractivity contribution in [3.63, 3.8) is 0 Å². The van der Waals surface area contributed by atoms with E-state index in [1.54, 1.807) is 43.7 Å². The van der Waals surface area contributed by atoms with Crippen molar-refractivity contribution in [3.8, 4) is 16.2 Å². The van der Waals surface area contributed by atoms with Gasteiger partial charge in [0, 0.05) is 45.3 Å². The van der Waals surface area contributed by atoms with Crippen molar-refractivity contribution in [2.24, 2.45) is 11.1 Å². The molecule has 22 heteroatoms. The van der Waals surface area contributed by atoms with Crippen LogP contribution in [0.4, 0.5) is 4.79 Å². The summed E-state index contributed by atoms with van der Waals surface area (Å²) in [5, 5.41) is 22.6. The van der Waals surface area contributed by atoms with Crippen LogP contribution in [0.5, 0.6) is 5.75 Å². The maximum absolute atomic E-state index is 14.3. The van der Waals surface area contributed by atoms with Gasteiger partial charge in [-0.3, -0.25) is 33.6 Å². The second kappa shape index (κ2) is 26.1. The Morgan fingerprint density at radius 3 is 2.24 bits per heavy atom. The number of aromatic nitrogens is 1. The van der Waals surface area contributed by atoms with Crippen LogP contribution in [0.15, 0.2) is 41.9 Å². The maximum atomic E-state index is 14.3. The van der Waals surface area contributed by atoms with E-state index >= 15 is 0 Å². The number of carbonyl (C=O) groups is 8. The number of carbonyl (C=O) groups excluding carboxylic acids is 8. The summed E-state index contributed by atoms with van der Waals surface area (Å²) < 4.78 is 11.7. The van der Waals surface area contributed by atoms with Gasteiger partial charge in [-0.05, 0) is 114 Å². The third-order valence-electron chi connectivity index (χ3n) is 14.3. The molecular formula is C56H78ClN9O11S. The van der Waals surface area contributed by atoms with E-state index in [1.807, 2.05) is 71.9 Å². The molecule has 1 aromatic heterocycles. The van der Waals surface area contributed by atoms with Crippen LogP contribution in [0.1, 0.15) is 135 Å². The number of alkyl carbamates (subject to hydrolysis) is 1. The molecule has 6 rings (SSSR count). The fraction of sp³-hybridized carbons (Fsp3) is 0.589. The fourth-order valence-electron chi connectivity index (χ4n) is 10.3. The fourth-order valence-corrected chi connectivity index (χ4v) is 11.3. The maximum Gasteiger partial charge on any atom is 0.408 e. The van der Waals surface area contributed by atoms with Gasteiger partial charge in [0.1, 0.15) is 42.1 Å². The van der Waals surface area contributed by atoms with Crippen LogP contribution >= 0.6 is 22.9 Å². The number of nitrogens with zero attached hydrogens (tertiary/aromatic N) is 4. The Morgan fingerprint density at radius 1 is 0.923 bits per heavy atom. The summed E-state index contributed by atoms with van der Waals surface area (Å²) in [7, 11) is 0. The van der Waals surface area contributed by atoms with Crippen molar-refractivity contribution in [3.05, 3.63) is 69.3 Å². The summed E-state index contributed by atoms with van der Waals surface area (Å²) in [5.74, 6) is -2.82. The molecule has 20 nitrogen and oxygen atoms in total. The molecule has 0 radical (unpaired) electrons. The third kappa shape index (κ3) is 16.1. The number of hydrogen-bond donors (Lipinski definition) is 6. The summed E-state index contributed by atoms with van der Waals surface area (Å²) >= 11 is 8.51. The van der Waals surface area contributed by atoms with Crippen LogP contribution in [0.3, 0.4) is 0 Å². The normalized spacial score (nSPS) is 20.8. The molecular weight excluding hydrogens is 1040 g/mol. The summed E-state index contributed by atoms with van der Waals surface area (Å²) in [6.07, 6.45) is 0.261. The number of halogens is 1. The van der Waals surface area contributed by atoms with Crippen LogP contribution in [-0.4, -0.2) is 146 Å². The SMILES string of the molecule is CC(=O)N1CC[C@H]2CC[C@@H](C(=O)N[C@@H](CCC(N)=O)COc3cc(C)cc(CCCC(=O)N[C@H](C(=O)N4C[C@H](O)C[C@H]4C(=O)N[C@@H](C)c4ccc(-c5scnc5C)cc4)C(C)(C)C)c3Cl)N2C(=O)[C@@H](NC(=O)OC(C)(C)C)C1. The molecule has 3 aliphatic heterocycles. The first-order chi connectivity index (χ1) is 36.6. The van der Waals surface area contributed by atoms with Gasteiger partial charge in [-0.25, -0.2) is 9.78 Å². The molecule has 426 valence electrons. The lowest BCUT2D eigenvalue weighted by atomic mass is 9.85.